The SMILES string of the molecule is COc1ccc(Cn2nnnc2CN2CCN(c3ccccc3F)CC2)cc1. The van der Waals surface area contributed by atoms with Crippen LogP contribution in [0.4, 0.5) is 10.1 Å². The molecule has 1 aliphatic rings. The van der Waals surface area contributed by atoms with Crippen LogP contribution < -0.4 is 9.64 Å². The van der Waals surface area contributed by atoms with Crippen molar-refractivity contribution in [3.63, 3.8) is 0 Å². The summed E-state index contributed by atoms with van der Waals surface area (Å²) in [5.41, 5.74) is 1.78. The van der Waals surface area contributed by atoms with E-state index in [0.717, 1.165) is 43.3 Å². The van der Waals surface area contributed by atoms with E-state index < -0.39 is 0 Å². The van der Waals surface area contributed by atoms with Crippen molar-refractivity contribution >= 4 is 5.69 Å². The van der Waals surface area contributed by atoms with Crippen LogP contribution in [0.15, 0.2) is 48.5 Å². The molecule has 0 atom stereocenters. The van der Waals surface area contributed by atoms with Crippen molar-refractivity contribution in [1.82, 2.24) is 25.1 Å². The fourth-order valence-corrected chi connectivity index (χ4v) is 3.42. The molecule has 146 valence electrons. The number of benzene rings is 2. The third-order valence-corrected chi connectivity index (χ3v) is 5.03. The molecule has 2 aromatic carbocycles. The fraction of sp³-hybridized carbons (Fsp3) is 0.350. The average molecular weight is 382 g/mol. The number of halogens is 1. The van der Waals surface area contributed by atoms with Crippen molar-refractivity contribution in [3.05, 3.63) is 65.7 Å². The van der Waals surface area contributed by atoms with Gasteiger partial charge in [-0.25, -0.2) is 9.07 Å². The molecule has 1 saturated heterocycles. The van der Waals surface area contributed by atoms with E-state index in [2.05, 4.69) is 25.3 Å². The zero-order chi connectivity index (χ0) is 19.3. The van der Waals surface area contributed by atoms with E-state index in [4.69, 9.17) is 4.74 Å². The summed E-state index contributed by atoms with van der Waals surface area (Å²) in [5.74, 6) is 1.49. The number of piperazine rings is 1. The highest BCUT2D eigenvalue weighted by Crippen LogP contribution is 2.20. The Hall–Kier alpha value is -3.00. The first-order valence-corrected chi connectivity index (χ1v) is 9.33. The maximum atomic E-state index is 14.0. The lowest BCUT2D eigenvalue weighted by Crippen LogP contribution is -2.46. The summed E-state index contributed by atoms with van der Waals surface area (Å²) >= 11 is 0. The Kier molecular flexibility index (Phi) is 5.48. The summed E-state index contributed by atoms with van der Waals surface area (Å²) in [7, 11) is 1.65. The number of rotatable bonds is 6. The van der Waals surface area contributed by atoms with E-state index in [1.165, 1.54) is 6.07 Å². The van der Waals surface area contributed by atoms with Crippen LogP contribution in [0.3, 0.4) is 0 Å². The molecule has 0 bridgehead atoms. The van der Waals surface area contributed by atoms with Gasteiger partial charge in [0.2, 0.25) is 0 Å². The van der Waals surface area contributed by atoms with Gasteiger partial charge in [-0.15, -0.1) is 5.10 Å². The Morgan fingerprint density at radius 3 is 2.43 bits per heavy atom. The van der Waals surface area contributed by atoms with E-state index in [1.807, 2.05) is 41.1 Å². The van der Waals surface area contributed by atoms with E-state index in [0.29, 0.717) is 18.8 Å². The average Bonchev–Trinajstić information content (AvgIpc) is 3.16. The van der Waals surface area contributed by atoms with Crippen LogP contribution in [0.1, 0.15) is 11.4 Å². The number of tetrazole rings is 1. The number of nitrogens with zero attached hydrogens (tertiary/aromatic N) is 6. The molecule has 4 rings (SSSR count). The minimum absolute atomic E-state index is 0.167. The second-order valence-electron chi connectivity index (χ2n) is 6.82. The Bertz CT molecular complexity index is 905. The molecule has 1 aliphatic heterocycles. The van der Waals surface area contributed by atoms with E-state index in [1.54, 1.807) is 13.2 Å². The largest absolute Gasteiger partial charge is 0.497 e. The van der Waals surface area contributed by atoms with Crippen molar-refractivity contribution in [1.29, 1.82) is 0 Å². The lowest BCUT2D eigenvalue weighted by atomic mass is 10.2. The molecule has 0 spiro atoms. The van der Waals surface area contributed by atoms with Gasteiger partial charge in [-0.3, -0.25) is 4.90 Å². The number of para-hydroxylation sites is 1. The standard InChI is InChI=1S/C20H23FN6O/c1-28-17-8-6-16(7-9-17)14-27-20(22-23-24-27)15-25-10-12-26(13-11-25)19-5-3-2-4-18(19)21/h2-9H,10-15H2,1H3. The van der Waals surface area contributed by atoms with Crippen LogP contribution in [0.2, 0.25) is 0 Å². The first-order chi connectivity index (χ1) is 13.7. The summed E-state index contributed by atoms with van der Waals surface area (Å²) in [4.78, 5) is 4.39. The van der Waals surface area contributed by atoms with Gasteiger partial charge in [-0.2, -0.15) is 0 Å². The molecule has 0 N–H and O–H groups in total. The monoisotopic (exact) mass is 382 g/mol. The molecule has 0 aliphatic carbocycles. The highest BCUT2D eigenvalue weighted by atomic mass is 19.1. The predicted octanol–water partition coefficient (Wildman–Crippen LogP) is 2.19. The Morgan fingerprint density at radius 2 is 1.71 bits per heavy atom. The van der Waals surface area contributed by atoms with Gasteiger partial charge in [0.25, 0.3) is 0 Å². The van der Waals surface area contributed by atoms with E-state index in [9.17, 15) is 4.39 Å². The summed E-state index contributed by atoms with van der Waals surface area (Å²) in [6.45, 7) is 4.52. The van der Waals surface area contributed by atoms with Gasteiger partial charge in [0.15, 0.2) is 5.82 Å². The molecule has 1 aromatic heterocycles. The molecular formula is C20H23FN6O. The normalized spacial score (nSPS) is 15.0. The number of methoxy groups -OCH3 is 1. The van der Waals surface area contributed by atoms with Crippen molar-refractivity contribution in [2.24, 2.45) is 0 Å². The quantitative estimate of drug-likeness (QED) is 0.651. The van der Waals surface area contributed by atoms with Crippen LogP contribution in [0, 0.1) is 5.82 Å². The maximum Gasteiger partial charge on any atom is 0.165 e. The second kappa shape index (κ2) is 8.35. The maximum absolute atomic E-state index is 14.0. The minimum Gasteiger partial charge on any atom is -0.497 e. The summed E-state index contributed by atoms with van der Waals surface area (Å²) in [6.07, 6.45) is 0. The predicted molar refractivity (Wildman–Crippen MR) is 104 cm³/mol. The minimum atomic E-state index is -0.167. The third kappa shape index (κ3) is 4.12. The van der Waals surface area contributed by atoms with Gasteiger partial charge < -0.3 is 9.64 Å². The van der Waals surface area contributed by atoms with Gasteiger partial charge in [-0.05, 0) is 40.3 Å². The Balaban J connectivity index is 1.36. The van der Waals surface area contributed by atoms with E-state index >= 15 is 0 Å². The Labute approximate surface area is 163 Å². The smallest absolute Gasteiger partial charge is 0.165 e. The van der Waals surface area contributed by atoms with Gasteiger partial charge in [0.05, 0.1) is 25.9 Å². The molecule has 3 aromatic rings. The first-order valence-electron chi connectivity index (χ1n) is 9.33. The van der Waals surface area contributed by atoms with Gasteiger partial charge >= 0.3 is 0 Å². The van der Waals surface area contributed by atoms with Crippen LogP contribution in [0.25, 0.3) is 0 Å². The van der Waals surface area contributed by atoms with Gasteiger partial charge in [0.1, 0.15) is 11.6 Å². The first kappa shape index (κ1) is 18.4. The third-order valence-electron chi connectivity index (χ3n) is 5.03. The molecule has 2 heterocycles. The van der Waals surface area contributed by atoms with Crippen molar-refractivity contribution in [3.8, 4) is 5.75 Å². The topological polar surface area (TPSA) is 59.3 Å². The van der Waals surface area contributed by atoms with Crippen molar-refractivity contribution < 1.29 is 9.13 Å². The zero-order valence-corrected chi connectivity index (χ0v) is 15.8. The number of hydrogen-bond acceptors (Lipinski definition) is 6. The van der Waals surface area contributed by atoms with E-state index in [-0.39, 0.29) is 5.82 Å². The van der Waals surface area contributed by atoms with Gasteiger partial charge in [-0.1, -0.05) is 24.3 Å². The Morgan fingerprint density at radius 1 is 0.964 bits per heavy atom. The molecule has 0 amide bonds. The molecule has 28 heavy (non-hydrogen) atoms. The summed E-state index contributed by atoms with van der Waals surface area (Å²) in [5, 5.41) is 12.2. The highest BCUT2D eigenvalue weighted by Gasteiger charge is 2.21. The van der Waals surface area contributed by atoms with Crippen molar-refractivity contribution in [2.45, 2.75) is 13.1 Å². The molecule has 8 heteroatoms. The van der Waals surface area contributed by atoms with Crippen LogP contribution in [-0.2, 0) is 13.1 Å². The number of aromatic nitrogens is 4. The molecule has 0 saturated carbocycles. The lowest BCUT2D eigenvalue weighted by Gasteiger charge is -2.35. The fourth-order valence-electron chi connectivity index (χ4n) is 3.42. The van der Waals surface area contributed by atoms with Crippen molar-refractivity contribution in [2.75, 3.05) is 38.2 Å². The van der Waals surface area contributed by atoms with Crippen LogP contribution in [0.5, 0.6) is 5.75 Å². The molecule has 1 fully saturated rings. The molecule has 7 nitrogen and oxygen atoms in total. The molecule has 0 radical (unpaired) electrons. The van der Waals surface area contributed by atoms with Crippen LogP contribution >= 0.6 is 0 Å². The summed E-state index contributed by atoms with van der Waals surface area (Å²) in [6, 6.07) is 14.8. The summed E-state index contributed by atoms with van der Waals surface area (Å²) < 4.78 is 21.0. The number of anilines is 1. The van der Waals surface area contributed by atoms with Gasteiger partial charge in [0, 0.05) is 26.2 Å². The number of ether oxygens (including phenoxy) is 1. The lowest BCUT2D eigenvalue weighted by molar-refractivity contribution is 0.239. The molecular weight excluding hydrogens is 359 g/mol. The van der Waals surface area contributed by atoms with Crippen LogP contribution in [-0.4, -0.2) is 58.4 Å². The molecule has 0 unspecified atom stereocenters. The zero-order valence-electron chi connectivity index (χ0n) is 15.8. The number of hydrogen-bond donors (Lipinski definition) is 0. The second-order valence-corrected chi connectivity index (χ2v) is 6.82. The highest BCUT2D eigenvalue weighted by molar-refractivity contribution is 5.48.